The number of nitrogens with zero attached hydrogens (tertiary/aromatic N) is 4. The lowest BCUT2D eigenvalue weighted by molar-refractivity contribution is 0.0871. The lowest BCUT2D eigenvalue weighted by Gasteiger charge is -2.15. The van der Waals surface area contributed by atoms with Gasteiger partial charge in [0.15, 0.2) is 11.5 Å². The maximum absolute atomic E-state index is 14.0. The van der Waals surface area contributed by atoms with Crippen LogP contribution in [0.4, 0.5) is 4.39 Å². The third-order valence-electron chi connectivity index (χ3n) is 4.47. The smallest absolute Gasteiger partial charge is 0.338 e. The van der Waals surface area contributed by atoms with Crippen LogP contribution in [0.25, 0.3) is 17.0 Å². The number of rotatable bonds is 9. The molecule has 0 saturated heterocycles. The molecule has 0 aliphatic carbocycles. The van der Waals surface area contributed by atoms with Crippen LogP contribution in [0.15, 0.2) is 45.8 Å². The quantitative estimate of drug-likeness (QED) is 0.180. The second-order valence-corrected chi connectivity index (χ2v) is 15.0. The first-order valence-corrected chi connectivity index (χ1v) is 14.4. The summed E-state index contributed by atoms with van der Waals surface area (Å²) in [7, 11) is -1.27. The fourth-order valence-electron chi connectivity index (χ4n) is 2.87. The first kappa shape index (κ1) is 23.4. The van der Waals surface area contributed by atoms with Crippen molar-refractivity contribution in [3.63, 3.8) is 0 Å². The maximum atomic E-state index is 14.0. The lowest BCUT2D eigenvalue weighted by atomic mass is 10.3. The molecule has 7 nitrogen and oxygen atoms in total. The fraction of sp³-hybridized carbons (Fsp3) is 0.381. The van der Waals surface area contributed by atoms with Crippen LogP contribution in [0.1, 0.15) is 6.92 Å². The summed E-state index contributed by atoms with van der Waals surface area (Å²) >= 11 is 3.37. The number of fused-ring (bicyclic) bond motifs is 1. The molecule has 0 radical (unpaired) electrons. The van der Waals surface area contributed by atoms with Crippen LogP contribution in [-0.4, -0.2) is 40.4 Å². The first-order valence-electron chi connectivity index (χ1n) is 9.86. The molecule has 0 aromatic carbocycles. The Morgan fingerprint density at radius 2 is 2.03 bits per heavy atom. The normalized spacial score (nSPS) is 11.8. The monoisotopic (exact) mass is 508 g/mol. The van der Waals surface area contributed by atoms with E-state index in [0.717, 1.165) is 11.6 Å². The van der Waals surface area contributed by atoms with E-state index in [0.29, 0.717) is 28.0 Å². The van der Waals surface area contributed by atoms with Crippen molar-refractivity contribution >= 4 is 35.2 Å². The predicted molar refractivity (Wildman–Crippen MR) is 125 cm³/mol. The van der Waals surface area contributed by atoms with Gasteiger partial charge in [0.1, 0.15) is 24.6 Å². The summed E-state index contributed by atoms with van der Waals surface area (Å²) < 4.78 is 28.8. The highest BCUT2D eigenvalue weighted by molar-refractivity contribution is 9.10. The van der Waals surface area contributed by atoms with Gasteiger partial charge in [0.2, 0.25) is 5.95 Å². The maximum Gasteiger partial charge on any atom is 0.338 e. The number of ether oxygens (including phenoxy) is 2. The van der Waals surface area contributed by atoms with E-state index < -0.39 is 19.7 Å². The van der Waals surface area contributed by atoms with Crippen LogP contribution >= 0.6 is 15.9 Å². The van der Waals surface area contributed by atoms with Crippen molar-refractivity contribution in [1.29, 1.82) is 0 Å². The van der Waals surface area contributed by atoms with Crippen molar-refractivity contribution in [3.05, 3.63) is 57.5 Å². The summed E-state index contributed by atoms with van der Waals surface area (Å²) in [5.41, 5.74) is 1.13. The van der Waals surface area contributed by atoms with Crippen LogP contribution in [0.3, 0.4) is 0 Å². The first-order chi connectivity index (χ1) is 14.6. The molecule has 3 aromatic heterocycles. The zero-order valence-electron chi connectivity index (χ0n) is 18.1. The van der Waals surface area contributed by atoms with Crippen LogP contribution in [0.5, 0.6) is 5.75 Å². The van der Waals surface area contributed by atoms with Crippen LogP contribution < -0.4 is 10.4 Å². The molecule has 3 heterocycles. The molecule has 0 bridgehead atoms. The van der Waals surface area contributed by atoms with E-state index in [1.165, 1.54) is 21.3 Å². The molecular weight excluding hydrogens is 483 g/mol. The Morgan fingerprint density at radius 3 is 2.71 bits per heavy atom. The minimum Gasteiger partial charge on any atom is -0.487 e. The Morgan fingerprint density at radius 1 is 1.29 bits per heavy atom. The van der Waals surface area contributed by atoms with Gasteiger partial charge in [0.25, 0.3) is 0 Å². The summed E-state index contributed by atoms with van der Waals surface area (Å²) in [6, 6.07) is 5.35. The number of hydrogen-bond donors (Lipinski definition) is 0. The SMILES string of the molecule is C=C(C)COc1ccnc2c1n(-c1nc(F)ccc1Br)c(=O)n2COCC[Si](C)(C)C. The Hall–Kier alpha value is -2.30. The van der Waals surface area contributed by atoms with Crippen molar-refractivity contribution in [2.24, 2.45) is 0 Å². The van der Waals surface area contributed by atoms with Crippen LogP contribution in [0, 0.1) is 5.95 Å². The van der Waals surface area contributed by atoms with E-state index in [4.69, 9.17) is 9.47 Å². The van der Waals surface area contributed by atoms with Gasteiger partial charge in [0.05, 0.1) is 4.47 Å². The van der Waals surface area contributed by atoms with Crippen molar-refractivity contribution in [2.75, 3.05) is 13.2 Å². The van der Waals surface area contributed by atoms with Gasteiger partial charge in [-0.1, -0.05) is 26.2 Å². The van der Waals surface area contributed by atoms with Crippen molar-refractivity contribution < 1.29 is 13.9 Å². The van der Waals surface area contributed by atoms with Gasteiger partial charge in [-0.2, -0.15) is 4.39 Å². The number of aromatic nitrogens is 4. The summed E-state index contributed by atoms with van der Waals surface area (Å²) in [4.78, 5) is 21.7. The van der Waals surface area contributed by atoms with Crippen molar-refractivity contribution in [2.45, 2.75) is 39.3 Å². The number of hydrogen-bond acceptors (Lipinski definition) is 5. The summed E-state index contributed by atoms with van der Waals surface area (Å²) in [6.45, 7) is 13.3. The molecule has 0 fully saturated rings. The molecular formula is C21H26BrFN4O3Si. The third-order valence-corrected chi connectivity index (χ3v) is 6.79. The topological polar surface area (TPSA) is 71.2 Å². The van der Waals surface area contributed by atoms with Gasteiger partial charge < -0.3 is 9.47 Å². The molecule has 10 heteroatoms. The van der Waals surface area contributed by atoms with Crippen LogP contribution in [0.2, 0.25) is 25.7 Å². The highest BCUT2D eigenvalue weighted by Gasteiger charge is 2.23. The highest BCUT2D eigenvalue weighted by atomic mass is 79.9. The molecule has 31 heavy (non-hydrogen) atoms. The molecule has 0 atom stereocenters. The third kappa shape index (κ3) is 5.49. The predicted octanol–water partition coefficient (Wildman–Crippen LogP) is 4.75. The Kier molecular flexibility index (Phi) is 7.12. The summed E-state index contributed by atoms with van der Waals surface area (Å²) in [6.07, 6.45) is 1.56. The molecule has 0 amide bonds. The Labute approximate surface area is 189 Å². The molecule has 166 valence electrons. The summed E-state index contributed by atoms with van der Waals surface area (Å²) in [5.74, 6) is -0.168. The molecule has 0 spiro atoms. The second-order valence-electron chi connectivity index (χ2n) is 8.56. The standard InChI is InChI=1S/C21H26BrFN4O3Si/c1-14(2)12-30-16-8-9-24-20-18(16)27(19-15(22)6-7-17(23)25-19)21(28)26(20)13-29-10-11-31(3,4)5/h6-9H,1,10-13H2,2-5H3. The van der Waals surface area contributed by atoms with E-state index in [1.807, 2.05) is 6.92 Å². The van der Waals surface area contributed by atoms with E-state index >= 15 is 0 Å². The van der Waals surface area contributed by atoms with Gasteiger partial charge in [-0.05, 0) is 46.6 Å². The molecule has 3 rings (SSSR count). The number of halogens is 2. The van der Waals surface area contributed by atoms with Crippen molar-refractivity contribution in [1.82, 2.24) is 19.1 Å². The number of imidazole rings is 1. The van der Waals surface area contributed by atoms with Crippen molar-refractivity contribution in [3.8, 4) is 11.6 Å². The van der Waals surface area contributed by atoms with Gasteiger partial charge in [-0.3, -0.25) is 4.57 Å². The van der Waals surface area contributed by atoms with Gasteiger partial charge >= 0.3 is 5.69 Å². The molecule has 0 aliphatic heterocycles. The highest BCUT2D eigenvalue weighted by Crippen LogP contribution is 2.28. The zero-order valence-corrected chi connectivity index (χ0v) is 20.7. The summed E-state index contributed by atoms with van der Waals surface area (Å²) in [5, 5.41) is 0. The van der Waals surface area contributed by atoms with Gasteiger partial charge in [-0.25, -0.2) is 19.3 Å². The van der Waals surface area contributed by atoms with E-state index in [2.05, 4.69) is 52.1 Å². The lowest BCUT2D eigenvalue weighted by Crippen LogP contribution is -2.27. The minimum absolute atomic E-state index is 0.0245. The molecule has 0 N–H and O–H groups in total. The number of pyridine rings is 2. The average Bonchev–Trinajstić information content (AvgIpc) is 2.96. The second kappa shape index (κ2) is 9.45. The zero-order chi connectivity index (χ0) is 22.8. The Bertz CT molecular complexity index is 1170. The Balaban J connectivity index is 2.14. The molecule has 0 saturated carbocycles. The van der Waals surface area contributed by atoms with E-state index in [1.54, 1.807) is 12.3 Å². The van der Waals surface area contributed by atoms with E-state index in [9.17, 15) is 9.18 Å². The fourth-order valence-corrected chi connectivity index (χ4v) is 4.02. The average molecular weight is 509 g/mol. The van der Waals surface area contributed by atoms with Gasteiger partial charge in [0, 0.05) is 26.9 Å². The van der Waals surface area contributed by atoms with Crippen LogP contribution in [-0.2, 0) is 11.5 Å². The minimum atomic E-state index is -1.27. The largest absolute Gasteiger partial charge is 0.487 e. The molecule has 3 aromatic rings. The molecule has 0 aliphatic rings. The van der Waals surface area contributed by atoms with E-state index in [-0.39, 0.29) is 19.2 Å². The molecule has 0 unspecified atom stereocenters. The van der Waals surface area contributed by atoms with Gasteiger partial charge in [-0.15, -0.1) is 0 Å².